The fourth-order valence-corrected chi connectivity index (χ4v) is 1.48. The summed E-state index contributed by atoms with van der Waals surface area (Å²) in [5.41, 5.74) is 9.19. The lowest BCUT2D eigenvalue weighted by atomic mass is 9.98. The molecule has 0 radical (unpaired) electrons. The van der Waals surface area contributed by atoms with Crippen molar-refractivity contribution >= 4 is 12.4 Å². The van der Waals surface area contributed by atoms with Crippen LogP contribution >= 0.6 is 12.4 Å². The van der Waals surface area contributed by atoms with Gasteiger partial charge in [-0.1, -0.05) is 12.1 Å². The van der Waals surface area contributed by atoms with Gasteiger partial charge in [0.1, 0.15) is 5.82 Å². The molecule has 0 aliphatic heterocycles. The molecule has 0 amide bonds. The first-order chi connectivity index (χ1) is 7.38. The largest absolute Gasteiger partial charge is 0.419 e. The lowest BCUT2D eigenvalue weighted by Crippen LogP contribution is -2.21. The summed E-state index contributed by atoms with van der Waals surface area (Å²) in [5.74, 6) is -1.31. The Labute approximate surface area is 102 Å². The standard InChI is InChI=1S/C10H12F4N2.ClH/c11-7-3-1-2-6(8(16)4-5-15)9(7)10(12,13)14;/h1-3,8H,4-5,15-16H2;1H/t8-;/m1./s1. The van der Waals surface area contributed by atoms with Gasteiger partial charge < -0.3 is 11.5 Å². The van der Waals surface area contributed by atoms with Crippen molar-refractivity contribution in [2.45, 2.75) is 18.6 Å². The molecule has 0 aliphatic carbocycles. The first-order valence-electron chi connectivity index (χ1n) is 4.69. The van der Waals surface area contributed by atoms with Gasteiger partial charge in [0.15, 0.2) is 0 Å². The zero-order valence-electron chi connectivity index (χ0n) is 8.80. The van der Waals surface area contributed by atoms with Gasteiger partial charge in [-0.05, 0) is 24.6 Å². The van der Waals surface area contributed by atoms with Crippen LogP contribution in [0.5, 0.6) is 0 Å². The van der Waals surface area contributed by atoms with Gasteiger partial charge in [-0.3, -0.25) is 0 Å². The average Bonchev–Trinajstić information content (AvgIpc) is 2.15. The van der Waals surface area contributed by atoms with Crippen LogP contribution in [0.2, 0.25) is 0 Å². The second-order valence-corrected chi connectivity index (χ2v) is 3.39. The zero-order chi connectivity index (χ0) is 12.3. The molecule has 17 heavy (non-hydrogen) atoms. The lowest BCUT2D eigenvalue weighted by Gasteiger charge is -2.18. The molecule has 1 aromatic rings. The van der Waals surface area contributed by atoms with E-state index in [-0.39, 0.29) is 30.9 Å². The van der Waals surface area contributed by atoms with Crippen molar-refractivity contribution in [3.05, 3.63) is 35.1 Å². The maximum absolute atomic E-state index is 13.1. The monoisotopic (exact) mass is 272 g/mol. The summed E-state index contributed by atoms with van der Waals surface area (Å²) in [4.78, 5) is 0. The van der Waals surface area contributed by atoms with Crippen LogP contribution in [0.4, 0.5) is 17.6 Å². The average molecular weight is 273 g/mol. The summed E-state index contributed by atoms with van der Waals surface area (Å²) in [6.45, 7) is 0.148. The van der Waals surface area contributed by atoms with Crippen LogP contribution in [0.15, 0.2) is 18.2 Å². The first kappa shape index (κ1) is 16.1. The van der Waals surface area contributed by atoms with E-state index in [0.717, 1.165) is 6.07 Å². The van der Waals surface area contributed by atoms with Gasteiger partial charge in [0, 0.05) is 6.04 Å². The molecular weight excluding hydrogens is 260 g/mol. The number of rotatable bonds is 3. The molecule has 2 nitrogen and oxygen atoms in total. The van der Waals surface area contributed by atoms with Gasteiger partial charge in [-0.2, -0.15) is 13.2 Å². The lowest BCUT2D eigenvalue weighted by molar-refractivity contribution is -0.140. The summed E-state index contributed by atoms with van der Waals surface area (Å²) < 4.78 is 50.9. The van der Waals surface area contributed by atoms with Gasteiger partial charge in [0.25, 0.3) is 0 Å². The smallest absolute Gasteiger partial charge is 0.330 e. The molecule has 98 valence electrons. The minimum absolute atomic E-state index is 0. The Bertz CT molecular complexity index is 368. The van der Waals surface area contributed by atoms with Gasteiger partial charge >= 0.3 is 6.18 Å². The molecule has 0 saturated heterocycles. The summed E-state index contributed by atoms with van der Waals surface area (Å²) >= 11 is 0. The molecule has 4 N–H and O–H groups in total. The van der Waals surface area contributed by atoms with E-state index in [0.29, 0.717) is 0 Å². The SMILES string of the molecule is Cl.NCC[C@@H](N)c1cccc(F)c1C(F)(F)F. The summed E-state index contributed by atoms with van der Waals surface area (Å²) in [5, 5.41) is 0. The Morgan fingerprint density at radius 3 is 2.29 bits per heavy atom. The normalized spacial score (nSPS) is 13.1. The van der Waals surface area contributed by atoms with Crippen LogP contribution in [0.1, 0.15) is 23.6 Å². The number of nitrogens with two attached hydrogens (primary N) is 2. The molecule has 1 atom stereocenters. The number of alkyl halides is 3. The van der Waals surface area contributed by atoms with E-state index in [2.05, 4.69) is 0 Å². The maximum atomic E-state index is 13.1. The Balaban J connectivity index is 0.00000256. The van der Waals surface area contributed by atoms with Crippen molar-refractivity contribution < 1.29 is 17.6 Å². The van der Waals surface area contributed by atoms with E-state index < -0.39 is 23.6 Å². The minimum Gasteiger partial charge on any atom is -0.330 e. The van der Waals surface area contributed by atoms with Gasteiger partial charge in [0.05, 0.1) is 5.56 Å². The predicted octanol–water partition coefficient (Wildman–Crippen LogP) is 2.61. The highest BCUT2D eigenvalue weighted by Crippen LogP contribution is 2.36. The highest BCUT2D eigenvalue weighted by atomic mass is 35.5. The zero-order valence-corrected chi connectivity index (χ0v) is 9.61. The van der Waals surface area contributed by atoms with E-state index in [1.807, 2.05) is 0 Å². The second-order valence-electron chi connectivity index (χ2n) is 3.39. The second kappa shape index (κ2) is 6.18. The highest BCUT2D eigenvalue weighted by molar-refractivity contribution is 5.85. The highest BCUT2D eigenvalue weighted by Gasteiger charge is 2.37. The summed E-state index contributed by atoms with van der Waals surface area (Å²) in [7, 11) is 0. The van der Waals surface area contributed by atoms with E-state index >= 15 is 0 Å². The Hall–Kier alpha value is -0.850. The van der Waals surface area contributed by atoms with E-state index in [1.165, 1.54) is 12.1 Å². The third-order valence-corrected chi connectivity index (χ3v) is 2.21. The van der Waals surface area contributed by atoms with Crippen molar-refractivity contribution in [2.75, 3.05) is 6.54 Å². The fourth-order valence-electron chi connectivity index (χ4n) is 1.48. The van der Waals surface area contributed by atoms with Crippen molar-refractivity contribution in [1.29, 1.82) is 0 Å². The fraction of sp³-hybridized carbons (Fsp3) is 0.400. The number of benzene rings is 1. The number of hydrogen-bond acceptors (Lipinski definition) is 2. The van der Waals surface area contributed by atoms with Gasteiger partial charge in [-0.15, -0.1) is 12.4 Å². The molecule has 7 heteroatoms. The minimum atomic E-state index is -4.74. The molecule has 0 heterocycles. The summed E-state index contributed by atoms with van der Waals surface area (Å²) in [6.07, 6.45) is -4.57. The molecule has 0 unspecified atom stereocenters. The first-order valence-corrected chi connectivity index (χ1v) is 4.69. The third kappa shape index (κ3) is 3.83. The van der Waals surface area contributed by atoms with Crippen LogP contribution in [-0.4, -0.2) is 6.54 Å². The molecule has 0 aromatic heterocycles. The molecule has 0 fully saturated rings. The Morgan fingerprint density at radius 1 is 1.24 bits per heavy atom. The quantitative estimate of drug-likeness (QED) is 0.831. The summed E-state index contributed by atoms with van der Waals surface area (Å²) in [6, 6.07) is 2.24. The Morgan fingerprint density at radius 2 is 1.82 bits per heavy atom. The molecule has 1 aromatic carbocycles. The topological polar surface area (TPSA) is 52.0 Å². The van der Waals surface area contributed by atoms with E-state index in [4.69, 9.17) is 11.5 Å². The molecule has 0 bridgehead atoms. The Kier molecular flexibility index (Phi) is 5.87. The van der Waals surface area contributed by atoms with Crippen molar-refractivity contribution in [1.82, 2.24) is 0 Å². The number of halogens is 5. The van der Waals surface area contributed by atoms with Crippen LogP contribution in [0, 0.1) is 5.82 Å². The maximum Gasteiger partial charge on any atom is 0.419 e. The molecule has 0 saturated carbocycles. The van der Waals surface area contributed by atoms with E-state index in [1.54, 1.807) is 0 Å². The molecule has 0 aliphatic rings. The molecule has 0 spiro atoms. The van der Waals surface area contributed by atoms with Crippen molar-refractivity contribution in [3.63, 3.8) is 0 Å². The number of hydrogen-bond donors (Lipinski definition) is 2. The van der Waals surface area contributed by atoms with Crippen molar-refractivity contribution in [2.24, 2.45) is 11.5 Å². The third-order valence-electron chi connectivity index (χ3n) is 2.21. The molecule has 1 rings (SSSR count). The van der Waals surface area contributed by atoms with Crippen LogP contribution in [0.3, 0.4) is 0 Å². The van der Waals surface area contributed by atoms with E-state index in [9.17, 15) is 17.6 Å². The van der Waals surface area contributed by atoms with Crippen LogP contribution in [0.25, 0.3) is 0 Å². The predicted molar refractivity (Wildman–Crippen MR) is 59.2 cm³/mol. The van der Waals surface area contributed by atoms with Gasteiger partial charge in [-0.25, -0.2) is 4.39 Å². The van der Waals surface area contributed by atoms with Crippen LogP contribution < -0.4 is 11.5 Å². The van der Waals surface area contributed by atoms with Gasteiger partial charge in [0.2, 0.25) is 0 Å². The molecular formula is C10H13ClF4N2. The van der Waals surface area contributed by atoms with Crippen molar-refractivity contribution in [3.8, 4) is 0 Å². The van der Waals surface area contributed by atoms with Crippen LogP contribution in [-0.2, 0) is 6.18 Å².